The van der Waals surface area contributed by atoms with Crippen molar-refractivity contribution in [3.05, 3.63) is 30.3 Å². The van der Waals surface area contributed by atoms with E-state index >= 15 is 0 Å². The molecule has 1 aliphatic rings. The lowest BCUT2D eigenvalue weighted by atomic mass is 10.1. The third-order valence-electron chi connectivity index (χ3n) is 3.53. The summed E-state index contributed by atoms with van der Waals surface area (Å²) in [5, 5.41) is 2.65. The number of hydrogen-bond donors (Lipinski definition) is 1. The van der Waals surface area contributed by atoms with Crippen molar-refractivity contribution in [3.63, 3.8) is 0 Å². The highest BCUT2D eigenvalue weighted by molar-refractivity contribution is 5.94. The van der Waals surface area contributed by atoms with Gasteiger partial charge in [-0.05, 0) is 25.0 Å². The van der Waals surface area contributed by atoms with E-state index in [0.717, 1.165) is 12.2 Å². The minimum atomic E-state index is -0.326. The number of amides is 2. The molecule has 0 radical (unpaired) electrons. The number of piperazine rings is 1. The third-order valence-corrected chi connectivity index (χ3v) is 3.53. The van der Waals surface area contributed by atoms with Gasteiger partial charge in [0, 0.05) is 6.54 Å². The third kappa shape index (κ3) is 4.21. The average molecular weight is 290 g/mol. The van der Waals surface area contributed by atoms with E-state index < -0.39 is 0 Å². The number of rotatable bonds is 7. The standard InChI is InChI=1S/C16H22N2O3/c1-2-7-14-16(20)17-12-15(19)18(14)10-6-11-21-13-8-4-3-5-9-13/h3-5,8-9,14H,2,6-7,10-12H2,1H3,(H,17,20). The molecule has 0 aromatic heterocycles. The smallest absolute Gasteiger partial charge is 0.243 e. The summed E-state index contributed by atoms with van der Waals surface area (Å²) >= 11 is 0. The number of nitrogens with zero attached hydrogens (tertiary/aromatic N) is 1. The molecule has 1 aliphatic heterocycles. The molecule has 1 aromatic carbocycles. The van der Waals surface area contributed by atoms with Gasteiger partial charge in [0.25, 0.3) is 0 Å². The molecule has 0 aliphatic carbocycles. The fourth-order valence-corrected chi connectivity index (χ4v) is 2.48. The van der Waals surface area contributed by atoms with Gasteiger partial charge in [-0.2, -0.15) is 0 Å². The van der Waals surface area contributed by atoms with Crippen molar-refractivity contribution in [3.8, 4) is 5.75 Å². The van der Waals surface area contributed by atoms with Crippen molar-refractivity contribution >= 4 is 11.8 Å². The SMILES string of the molecule is CCCC1C(=O)NCC(=O)N1CCCOc1ccccc1. The minimum absolute atomic E-state index is 0.00670. The predicted octanol–water partition coefficient (Wildman–Crippen LogP) is 1.58. The Hall–Kier alpha value is -2.04. The summed E-state index contributed by atoms with van der Waals surface area (Å²) in [7, 11) is 0. The molecule has 5 nitrogen and oxygen atoms in total. The Morgan fingerprint density at radius 1 is 1.29 bits per heavy atom. The highest BCUT2D eigenvalue weighted by atomic mass is 16.5. The van der Waals surface area contributed by atoms with Crippen molar-refractivity contribution < 1.29 is 14.3 Å². The van der Waals surface area contributed by atoms with Crippen LogP contribution < -0.4 is 10.1 Å². The van der Waals surface area contributed by atoms with Crippen LogP contribution in [-0.4, -0.2) is 42.5 Å². The Morgan fingerprint density at radius 3 is 2.76 bits per heavy atom. The predicted molar refractivity (Wildman–Crippen MR) is 80.0 cm³/mol. The first-order valence-corrected chi connectivity index (χ1v) is 7.47. The first kappa shape index (κ1) is 15.4. The van der Waals surface area contributed by atoms with Gasteiger partial charge in [-0.25, -0.2) is 0 Å². The molecule has 1 saturated heterocycles. The minimum Gasteiger partial charge on any atom is -0.494 e. The fraction of sp³-hybridized carbons (Fsp3) is 0.500. The molecule has 21 heavy (non-hydrogen) atoms. The molecule has 0 spiro atoms. The van der Waals surface area contributed by atoms with Gasteiger partial charge in [0.2, 0.25) is 11.8 Å². The maximum absolute atomic E-state index is 12.0. The topological polar surface area (TPSA) is 58.6 Å². The molecular weight excluding hydrogens is 268 g/mol. The van der Waals surface area contributed by atoms with E-state index in [9.17, 15) is 9.59 Å². The number of ether oxygens (including phenoxy) is 1. The van der Waals surface area contributed by atoms with E-state index in [1.54, 1.807) is 4.90 Å². The van der Waals surface area contributed by atoms with E-state index in [0.29, 0.717) is 26.0 Å². The van der Waals surface area contributed by atoms with Crippen LogP contribution in [0.5, 0.6) is 5.75 Å². The van der Waals surface area contributed by atoms with Crippen LogP contribution in [0.3, 0.4) is 0 Å². The zero-order chi connectivity index (χ0) is 15.1. The molecule has 1 fully saturated rings. The Labute approximate surface area is 125 Å². The lowest BCUT2D eigenvalue weighted by molar-refractivity contribution is -0.146. The molecule has 1 aromatic rings. The second kappa shape index (κ2) is 7.67. The molecule has 0 bridgehead atoms. The highest BCUT2D eigenvalue weighted by Crippen LogP contribution is 2.13. The summed E-state index contributed by atoms with van der Waals surface area (Å²) in [5.74, 6) is 0.776. The van der Waals surface area contributed by atoms with Crippen LogP contribution >= 0.6 is 0 Å². The summed E-state index contributed by atoms with van der Waals surface area (Å²) in [6.45, 7) is 3.22. The van der Waals surface area contributed by atoms with Crippen molar-refractivity contribution in [1.29, 1.82) is 0 Å². The van der Waals surface area contributed by atoms with Crippen LogP contribution in [0.2, 0.25) is 0 Å². The molecule has 1 atom stereocenters. The summed E-state index contributed by atoms with van der Waals surface area (Å²) < 4.78 is 5.62. The van der Waals surface area contributed by atoms with Crippen LogP contribution in [0.15, 0.2) is 30.3 Å². The molecule has 2 amide bonds. The summed E-state index contributed by atoms with van der Waals surface area (Å²) in [6.07, 6.45) is 2.30. The first-order valence-electron chi connectivity index (χ1n) is 7.47. The molecule has 114 valence electrons. The van der Waals surface area contributed by atoms with E-state index in [1.165, 1.54) is 0 Å². The normalized spacial score (nSPS) is 18.5. The second-order valence-electron chi connectivity index (χ2n) is 5.12. The van der Waals surface area contributed by atoms with Crippen LogP contribution in [-0.2, 0) is 9.59 Å². The zero-order valence-corrected chi connectivity index (χ0v) is 12.4. The van der Waals surface area contributed by atoms with Crippen molar-refractivity contribution in [2.24, 2.45) is 0 Å². The van der Waals surface area contributed by atoms with Crippen molar-refractivity contribution in [2.45, 2.75) is 32.2 Å². The van der Waals surface area contributed by atoms with Gasteiger partial charge in [-0.15, -0.1) is 0 Å². The van der Waals surface area contributed by atoms with E-state index in [4.69, 9.17) is 4.74 Å². The zero-order valence-electron chi connectivity index (χ0n) is 12.4. The van der Waals surface area contributed by atoms with E-state index in [-0.39, 0.29) is 24.4 Å². The molecule has 1 heterocycles. The highest BCUT2D eigenvalue weighted by Gasteiger charge is 2.33. The van der Waals surface area contributed by atoms with Gasteiger partial charge in [0.05, 0.1) is 13.2 Å². The lowest BCUT2D eigenvalue weighted by Crippen LogP contribution is -2.58. The number of carbonyl (C=O) groups excluding carboxylic acids is 2. The fourth-order valence-electron chi connectivity index (χ4n) is 2.48. The van der Waals surface area contributed by atoms with Gasteiger partial charge in [-0.1, -0.05) is 31.5 Å². The number of para-hydroxylation sites is 1. The average Bonchev–Trinajstić information content (AvgIpc) is 2.51. The largest absolute Gasteiger partial charge is 0.494 e. The first-order chi connectivity index (χ1) is 10.2. The maximum atomic E-state index is 12.0. The Morgan fingerprint density at radius 2 is 2.05 bits per heavy atom. The van der Waals surface area contributed by atoms with Crippen LogP contribution in [0.4, 0.5) is 0 Å². The van der Waals surface area contributed by atoms with E-state index in [1.807, 2.05) is 37.3 Å². The number of benzene rings is 1. The molecule has 2 rings (SSSR count). The molecule has 0 saturated carbocycles. The summed E-state index contributed by atoms with van der Waals surface area (Å²) in [4.78, 5) is 25.5. The van der Waals surface area contributed by atoms with Crippen LogP contribution in [0.1, 0.15) is 26.2 Å². The van der Waals surface area contributed by atoms with Crippen molar-refractivity contribution in [1.82, 2.24) is 10.2 Å². The van der Waals surface area contributed by atoms with Gasteiger partial charge in [-0.3, -0.25) is 9.59 Å². The van der Waals surface area contributed by atoms with Gasteiger partial charge < -0.3 is 15.0 Å². The Kier molecular flexibility index (Phi) is 5.60. The second-order valence-corrected chi connectivity index (χ2v) is 5.12. The monoisotopic (exact) mass is 290 g/mol. The molecule has 5 heteroatoms. The number of nitrogens with one attached hydrogen (secondary N) is 1. The molecule has 1 N–H and O–H groups in total. The van der Waals surface area contributed by atoms with Gasteiger partial charge in [0.15, 0.2) is 0 Å². The van der Waals surface area contributed by atoms with Gasteiger partial charge >= 0.3 is 0 Å². The van der Waals surface area contributed by atoms with Crippen LogP contribution in [0.25, 0.3) is 0 Å². The molecule has 1 unspecified atom stereocenters. The lowest BCUT2D eigenvalue weighted by Gasteiger charge is -2.34. The quantitative estimate of drug-likeness (QED) is 0.776. The Balaban J connectivity index is 1.81. The van der Waals surface area contributed by atoms with Crippen molar-refractivity contribution in [2.75, 3.05) is 19.7 Å². The number of carbonyl (C=O) groups is 2. The summed E-state index contributed by atoms with van der Waals surface area (Å²) in [5.41, 5.74) is 0. The summed E-state index contributed by atoms with van der Waals surface area (Å²) in [6, 6.07) is 9.26. The Bertz CT molecular complexity index is 476. The maximum Gasteiger partial charge on any atom is 0.243 e. The van der Waals surface area contributed by atoms with Gasteiger partial charge in [0.1, 0.15) is 11.8 Å². The number of hydrogen-bond acceptors (Lipinski definition) is 3. The molecular formula is C16H22N2O3. The van der Waals surface area contributed by atoms with E-state index in [2.05, 4.69) is 5.32 Å². The van der Waals surface area contributed by atoms with Crippen LogP contribution in [0, 0.1) is 0 Å².